The maximum atomic E-state index is 11.2. The number of nitrogens with zero attached hydrogens (tertiary/aromatic N) is 1. The average molecular weight is 192 g/mol. The molecule has 1 aromatic heterocycles. The topological polar surface area (TPSA) is 42.0 Å². The zero-order valence-electron chi connectivity index (χ0n) is 8.71. The Balaban J connectivity index is 2.46. The SMILES string of the molecule is CCCC(=O)NCc1ncccc1C. The Hall–Kier alpha value is -1.38. The number of hydrogen-bond donors (Lipinski definition) is 1. The second kappa shape index (κ2) is 5.37. The summed E-state index contributed by atoms with van der Waals surface area (Å²) >= 11 is 0. The van der Waals surface area contributed by atoms with Crippen molar-refractivity contribution in [2.45, 2.75) is 33.2 Å². The van der Waals surface area contributed by atoms with Crippen molar-refractivity contribution in [2.24, 2.45) is 0 Å². The van der Waals surface area contributed by atoms with Gasteiger partial charge in [0.2, 0.25) is 5.91 Å². The molecule has 0 spiro atoms. The fraction of sp³-hybridized carbons (Fsp3) is 0.455. The first kappa shape index (κ1) is 10.7. The molecule has 0 aliphatic rings. The van der Waals surface area contributed by atoms with Crippen molar-refractivity contribution < 1.29 is 4.79 Å². The summed E-state index contributed by atoms with van der Waals surface area (Å²) in [6.45, 7) is 4.52. The molecule has 76 valence electrons. The molecule has 1 rings (SSSR count). The van der Waals surface area contributed by atoms with E-state index in [1.54, 1.807) is 6.20 Å². The summed E-state index contributed by atoms with van der Waals surface area (Å²) in [6.07, 6.45) is 3.22. The molecule has 1 aromatic rings. The predicted molar refractivity (Wildman–Crippen MR) is 55.7 cm³/mol. The Bertz CT molecular complexity index is 310. The minimum Gasteiger partial charge on any atom is -0.350 e. The van der Waals surface area contributed by atoms with Gasteiger partial charge in [-0.05, 0) is 25.0 Å². The molecule has 0 aliphatic carbocycles. The summed E-state index contributed by atoms with van der Waals surface area (Å²) in [4.78, 5) is 15.4. The Morgan fingerprint density at radius 2 is 2.36 bits per heavy atom. The molecule has 3 heteroatoms. The number of aromatic nitrogens is 1. The molecular formula is C11H16N2O. The third-order valence-corrected chi connectivity index (χ3v) is 2.05. The Morgan fingerprint density at radius 1 is 1.57 bits per heavy atom. The predicted octanol–water partition coefficient (Wildman–Crippen LogP) is 1.81. The number of pyridine rings is 1. The molecule has 0 unspecified atom stereocenters. The molecule has 0 aliphatic heterocycles. The third kappa shape index (κ3) is 3.17. The van der Waals surface area contributed by atoms with Gasteiger partial charge < -0.3 is 5.32 Å². The molecule has 0 aromatic carbocycles. The lowest BCUT2D eigenvalue weighted by atomic mass is 10.2. The number of carbonyl (C=O) groups excluding carboxylic acids is 1. The van der Waals surface area contributed by atoms with Crippen LogP contribution >= 0.6 is 0 Å². The van der Waals surface area contributed by atoms with E-state index >= 15 is 0 Å². The third-order valence-electron chi connectivity index (χ3n) is 2.05. The van der Waals surface area contributed by atoms with Crippen molar-refractivity contribution in [3.8, 4) is 0 Å². The van der Waals surface area contributed by atoms with E-state index in [4.69, 9.17) is 0 Å². The highest BCUT2D eigenvalue weighted by Crippen LogP contribution is 2.02. The smallest absolute Gasteiger partial charge is 0.220 e. The highest BCUT2D eigenvalue weighted by Gasteiger charge is 2.01. The molecular weight excluding hydrogens is 176 g/mol. The Labute approximate surface area is 84.6 Å². The summed E-state index contributed by atoms with van der Waals surface area (Å²) in [7, 11) is 0. The fourth-order valence-corrected chi connectivity index (χ4v) is 1.20. The maximum absolute atomic E-state index is 11.2. The normalized spacial score (nSPS) is 9.86. The van der Waals surface area contributed by atoms with Gasteiger partial charge in [0.25, 0.3) is 0 Å². The van der Waals surface area contributed by atoms with E-state index in [1.165, 1.54) is 0 Å². The number of nitrogens with one attached hydrogen (secondary N) is 1. The van der Waals surface area contributed by atoms with Crippen LogP contribution in [0.25, 0.3) is 0 Å². The Kier molecular flexibility index (Phi) is 4.11. The van der Waals surface area contributed by atoms with Crippen LogP contribution in [0.4, 0.5) is 0 Å². The number of amides is 1. The minimum atomic E-state index is 0.0950. The van der Waals surface area contributed by atoms with E-state index < -0.39 is 0 Å². The van der Waals surface area contributed by atoms with Crippen LogP contribution in [0, 0.1) is 6.92 Å². The van der Waals surface area contributed by atoms with Gasteiger partial charge in [-0.1, -0.05) is 13.0 Å². The Morgan fingerprint density at radius 3 is 3.00 bits per heavy atom. The number of hydrogen-bond acceptors (Lipinski definition) is 2. The molecule has 1 amide bonds. The molecule has 0 atom stereocenters. The second-order valence-corrected chi connectivity index (χ2v) is 3.29. The van der Waals surface area contributed by atoms with Crippen LogP contribution in [0.2, 0.25) is 0 Å². The van der Waals surface area contributed by atoms with Crippen molar-refractivity contribution in [2.75, 3.05) is 0 Å². The number of aryl methyl sites for hydroxylation is 1. The lowest BCUT2D eigenvalue weighted by molar-refractivity contribution is -0.121. The second-order valence-electron chi connectivity index (χ2n) is 3.29. The zero-order chi connectivity index (χ0) is 10.4. The van der Waals surface area contributed by atoms with E-state index in [0.717, 1.165) is 17.7 Å². The van der Waals surface area contributed by atoms with Gasteiger partial charge in [-0.3, -0.25) is 9.78 Å². The van der Waals surface area contributed by atoms with Gasteiger partial charge in [0.15, 0.2) is 0 Å². The van der Waals surface area contributed by atoms with Gasteiger partial charge in [-0.15, -0.1) is 0 Å². The molecule has 1 N–H and O–H groups in total. The number of carbonyl (C=O) groups is 1. The van der Waals surface area contributed by atoms with E-state index in [-0.39, 0.29) is 5.91 Å². The molecule has 0 bridgehead atoms. The maximum Gasteiger partial charge on any atom is 0.220 e. The van der Waals surface area contributed by atoms with Gasteiger partial charge >= 0.3 is 0 Å². The lowest BCUT2D eigenvalue weighted by Crippen LogP contribution is -2.23. The molecule has 3 nitrogen and oxygen atoms in total. The first-order chi connectivity index (χ1) is 6.74. The highest BCUT2D eigenvalue weighted by atomic mass is 16.1. The molecule has 0 saturated heterocycles. The summed E-state index contributed by atoms with van der Waals surface area (Å²) in [6, 6.07) is 3.89. The van der Waals surface area contributed by atoms with Crippen LogP contribution in [0.1, 0.15) is 31.0 Å². The average Bonchev–Trinajstić information content (AvgIpc) is 2.17. The van der Waals surface area contributed by atoms with Gasteiger partial charge in [-0.25, -0.2) is 0 Å². The van der Waals surface area contributed by atoms with Crippen LogP contribution in [0.5, 0.6) is 0 Å². The van der Waals surface area contributed by atoms with Crippen molar-refractivity contribution in [1.82, 2.24) is 10.3 Å². The van der Waals surface area contributed by atoms with Crippen molar-refractivity contribution >= 4 is 5.91 Å². The van der Waals surface area contributed by atoms with E-state index in [9.17, 15) is 4.79 Å². The van der Waals surface area contributed by atoms with E-state index in [2.05, 4.69) is 10.3 Å². The molecule has 0 saturated carbocycles. The van der Waals surface area contributed by atoms with Crippen LogP contribution < -0.4 is 5.32 Å². The molecule has 1 heterocycles. The van der Waals surface area contributed by atoms with Crippen molar-refractivity contribution in [3.05, 3.63) is 29.6 Å². The standard InChI is InChI=1S/C11H16N2O/c1-3-5-11(14)13-8-10-9(2)6-4-7-12-10/h4,6-7H,3,5,8H2,1-2H3,(H,13,14). The monoisotopic (exact) mass is 192 g/mol. The van der Waals surface area contributed by atoms with Gasteiger partial charge in [0.1, 0.15) is 0 Å². The summed E-state index contributed by atoms with van der Waals surface area (Å²) in [5.74, 6) is 0.0950. The molecule has 14 heavy (non-hydrogen) atoms. The quantitative estimate of drug-likeness (QED) is 0.790. The molecule has 0 fully saturated rings. The van der Waals surface area contributed by atoms with Crippen molar-refractivity contribution in [1.29, 1.82) is 0 Å². The molecule has 0 radical (unpaired) electrons. The highest BCUT2D eigenvalue weighted by molar-refractivity contribution is 5.75. The summed E-state index contributed by atoms with van der Waals surface area (Å²) < 4.78 is 0. The van der Waals surface area contributed by atoms with Crippen LogP contribution in [0.3, 0.4) is 0 Å². The first-order valence-corrected chi connectivity index (χ1v) is 4.91. The summed E-state index contributed by atoms with van der Waals surface area (Å²) in [5.41, 5.74) is 2.06. The fourth-order valence-electron chi connectivity index (χ4n) is 1.20. The van der Waals surface area contributed by atoms with Crippen molar-refractivity contribution in [3.63, 3.8) is 0 Å². The van der Waals surface area contributed by atoms with Gasteiger partial charge in [0, 0.05) is 12.6 Å². The minimum absolute atomic E-state index is 0.0950. The van der Waals surface area contributed by atoms with E-state index in [1.807, 2.05) is 26.0 Å². The largest absolute Gasteiger partial charge is 0.350 e. The first-order valence-electron chi connectivity index (χ1n) is 4.91. The summed E-state index contributed by atoms with van der Waals surface area (Å²) in [5, 5.41) is 2.84. The number of rotatable bonds is 4. The zero-order valence-corrected chi connectivity index (χ0v) is 8.71. The van der Waals surface area contributed by atoms with Gasteiger partial charge in [0.05, 0.1) is 12.2 Å². The van der Waals surface area contributed by atoms with E-state index in [0.29, 0.717) is 13.0 Å². The van der Waals surface area contributed by atoms with Gasteiger partial charge in [-0.2, -0.15) is 0 Å². The lowest BCUT2D eigenvalue weighted by Gasteiger charge is -2.05. The van der Waals surface area contributed by atoms with Crippen LogP contribution in [-0.4, -0.2) is 10.9 Å². The van der Waals surface area contributed by atoms with Crippen LogP contribution in [-0.2, 0) is 11.3 Å². The van der Waals surface area contributed by atoms with Crippen LogP contribution in [0.15, 0.2) is 18.3 Å².